The molecule has 3 amide bonds. The first-order chi connectivity index (χ1) is 10.4. The summed E-state index contributed by atoms with van der Waals surface area (Å²) in [5.41, 5.74) is 7.17. The number of hydrogen-bond donors (Lipinski definition) is 3. The lowest BCUT2D eigenvalue weighted by molar-refractivity contribution is 0.0940. The van der Waals surface area contributed by atoms with Gasteiger partial charge in [0.25, 0.3) is 5.91 Å². The Morgan fingerprint density at radius 3 is 2.55 bits per heavy atom. The van der Waals surface area contributed by atoms with Crippen LogP contribution in [0.15, 0.2) is 30.3 Å². The lowest BCUT2D eigenvalue weighted by atomic mass is 10.1. The van der Waals surface area contributed by atoms with Crippen LogP contribution in [0.3, 0.4) is 0 Å². The van der Waals surface area contributed by atoms with E-state index >= 15 is 0 Å². The minimum absolute atomic E-state index is 0.0785. The van der Waals surface area contributed by atoms with Crippen molar-refractivity contribution in [1.82, 2.24) is 5.32 Å². The first kappa shape index (κ1) is 16.0. The molecule has 0 aliphatic carbocycles. The minimum Gasteiger partial charge on any atom is -0.351 e. The van der Waals surface area contributed by atoms with E-state index in [-0.39, 0.29) is 11.9 Å². The average molecular weight is 317 g/mol. The molecule has 0 bridgehead atoms. The first-order valence-corrected chi connectivity index (χ1v) is 7.73. The predicted molar refractivity (Wildman–Crippen MR) is 89.3 cm³/mol. The fourth-order valence-corrected chi connectivity index (χ4v) is 3.34. The van der Waals surface area contributed by atoms with Crippen LogP contribution in [-0.2, 0) is 0 Å². The quantitative estimate of drug-likeness (QED) is 0.808. The van der Waals surface area contributed by atoms with Crippen molar-refractivity contribution < 1.29 is 9.59 Å². The molecular formula is C16H19N3O2S. The molecule has 1 atom stereocenters. The summed E-state index contributed by atoms with van der Waals surface area (Å²) in [6.07, 6.45) is 0. The van der Waals surface area contributed by atoms with Crippen LogP contribution in [0.4, 0.5) is 10.5 Å². The van der Waals surface area contributed by atoms with Crippen LogP contribution < -0.4 is 16.4 Å². The largest absolute Gasteiger partial charge is 0.351 e. The predicted octanol–water partition coefficient (Wildman–Crippen LogP) is 3.35. The van der Waals surface area contributed by atoms with Gasteiger partial charge in [-0.25, -0.2) is 4.79 Å². The molecule has 1 heterocycles. The molecule has 4 N–H and O–H groups in total. The van der Waals surface area contributed by atoms with Gasteiger partial charge in [0, 0.05) is 21.0 Å². The molecule has 0 aliphatic rings. The first-order valence-electron chi connectivity index (χ1n) is 6.91. The maximum absolute atomic E-state index is 12.3. The molecule has 0 saturated heterocycles. The molecule has 0 spiro atoms. The van der Waals surface area contributed by atoms with Gasteiger partial charge in [-0.1, -0.05) is 6.07 Å². The molecule has 2 aromatic rings. The number of carbonyl (C=O) groups is 2. The Labute approximate surface area is 133 Å². The Bertz CT molecular complexity index is 709. The van der Waals surface area contributed by atoms with Crippen molar-refractivity contribution in [1.29, 1.82) is 0 Å². The number of aryl methyl sites for hydroxylation is 2. The van der Waals surface area contributed by atoms with Gasteiger partial charge in [0.05, 0.1) is 6.04 Å². The molecular weight excluding hydrogens is 298 g/mol. The molecule has 5 nitrogen and oxygen atoms in total. The van der Waals surface area contributed by atoms with Crippen molar-refractivity contribution in [3.05, 3.63) is 51.2 Å². The van der Waals surface area contributed by atoms with E-state index in [2.05, 4.69) is 23.6 Å². The van der Waals surface area contributed by atoms with Crippen LogP contribution in [0, 0.1) is 13.8 Å². The number of hydrogen-bond acceptors (Lipinski definition) is 3. The van der Waals surface area contributed by atoms with Gasteiger partial charge in [0.15, 0.2) is 0 Å². The number of rotatable bonds is 4. The molecule has 0 saturated carbocycles. The summed E-state index contributed by atoms with van der Waals surface area (Å²) in [5, 5.41) is 5.43. The van der Waals surface area contributed by atoms with Gasteiger partial charge in [-0.05, 0) is 50.6 Å². The fourth-order valence-electron chi connectivity index (χ4n) is 2.32. The minimum atomic E-state index is -0.657. The number of carbonyl (C=O) groups excluding carboxylic acids is 2. The maximum atomic E-state index is 12.3. The van der Waals surface area contributed by atoms with Crippen LogP contribution in [0.1, 0.15) is 38.6 Å². The second kappa shape index (κ2) is 6.62. The van der Waals surface area contributed by atoms with Crippen molar-refractivity contribution >= 4 is 29.0 Å². The molecule has 1 aromatic carbocycles. The Kier molecular flexibility index (Phi) is 4.82. The molecule has 0 radical (unpaired) electrons. The van der Waals surface area contributed by atoms with E-state index < -0.39 is 6.03 Å². The van der Waals surface area contributed by atoms with Crippen molar-refractivity contribution in [3.8, 4) is 0 Å². The molecule has 1 unspecified atom stereocenters. The topological polar surface area (TPSA) is 84.2 Å². The number of benzene rings is 1. The van der Waals surface area contributed by atoms with Crippen LogP contribution >= 0.6 is 11.3 Å². The van der Waals surface area contributed by atoms with Gasteiger partial charge in [0.1, 0.15) is 0 Å². The van der Waals surface area contributed by atoms with Crippen molar-refractivity contribution in [2.45, 2.75) is 26.8 Å². The Morgan fingerprint density at radius 1 is 1.23 bits per heavy atom. The SMILES string of the molecule is Cc1cc(C(C)NC(=O)c2cccc(NC(N)=O)c2)c(C)s1. The van der Waals surface area contributed by atoms with E-state index in [4.69, 9.17) is 5.73 Å². The summed E-state index contributed by atoms with van der Waals surface area (Å²) < 4.78 is 0. The Morgan fingerprint density at radius 2 is 1.95 bits per heavy atom. The van der Waals surface area contributed by atoms with Gasteiger partial charge >= 0.3 is 6.03 Å². The van der Waals surface area contributed by atoms with E-state index in [1.165, 1.54) is 9.75 Å². The molecule has 1 aromatic heterocycles. The third-order valence-electron chi connectivity index (χ3n) is 3.29. The van der Waals surface area contributed by atoms with Gasteiger partial charge in [0.2, 0.25) is 0 Å². The van der Waals surface area contributed by atoms with Gasteiger partial charge in [-0.2, -0.15) is 0 Å². The maximum Gasteiger partial charge on any atom is 0.316 e. The number of primary amides is 1. The van der Waals surface area contributed by atoms with E-state index in [1.54, 1.807) is 35.6 Å². The molecule has 0 fully saturated rings. The van der Waals surface area contributed by atoms with Gasteiger partial charge in [-0.3, -0.25) is 4.79 Å². The van der Waals surface area contributed by atoms with Crippen LogP contribution in [0.2, 0.25) is 0 Å². The summed E-state index contributed by atoms with van der Waals surface area (Å²) in [6.45, 7) is 6.06. The summed E-state index contributed by atoms with van der Waals surface area (Å²) in [4.78, 5) is 25.6. The zero-order chi connectivity index (χ0) is 16.3. The zero-order valence-electron chi connectivity index (χ0n) is 12.8. The Hall–Kier alpha value is -2.34. The monoisotopic (exact) mass is 317 g/mol. The highest BCUT2D eigenvalue weighted by molar-refractivity contribution is 7.12. The highest BCUT2D eigenvalue weighted by Gasteiger charge is 2.15. The number of amides is 3. The smallest absolute Gasteiger partial charge is 0.316 e. The molecule has 6 heteroatoms. The van der Waals surface area contributed by atoms with Crippen molar-refractivity contribution in [2.75, 3.05) is 5.32 Å². The standard InChI is InChI=1S/C16H19N3O2S/c1-9-7-14(11(3)22-9)10(2)18-15(20)12-5-4-6-13(8-12)19-16(17)21/h4-8,10H,1-3H3,(H,18,20)(H3,17,19,21). The average Bonchev–Trinajstić information content (AvgIpc) is 2.77. The highest BCUT2D eigenvalue weighted by Crippen LogP contribution is 2.26. The van der Waals surface area contributed by atoms with Crippen LogP contribution in [-0.4, -0.2) is 11.9 Å². The second-order valence-electron chi connectivity index (χ2n) is 5.13. The highest BCUT2D eigenvalue weighted by atomic mass is 32.1. The van der Waals surface area contributed by atoms with E-state index in [0.29, 0.717) is 11.3 Å². The lowest BCUT2D eigenvalue weighted by Crippen LogP contribution is -2.27. The van der Waals surface area contributed by atoms with Crippen LogP contribution in [0.25, 0.3) is 0 Å². The number of urea groups is 1. The summed E-state index contributed by atoms with van der Waals surface area (Å²) in [6, 6.07) is 8.02. The second-order valence-corrected chi connectivity index (χ2v) is 6.59. The number of nitrogens with two attached hydrogens (primary N) is 1. The van der Waals surface area contributed by atoms with Crippen molar-refractivity contribution in [2.24, 2.45) is 5.73 Å². The number of nitrogens with one attached hydrogen (secondary N) is 2. The molecule has 0 aliphatic heterocycles. The molecule has 2 rings (SSSR count). The Balaban J connectivity index is 2.11. The van der Waals surface area contributed by atoms with Gasteiger partial charge in [-0.15, -0.1) is 11.3 Å². The summed E-state index contributed by atoms with van der Waals surface area (Å²) in [5.74, 6) is -0.191. The third kappa shape index (κ3) is 3.85. The molecule has 116 valence electrons. The van der Waals surface area contributed by atoms with E-state index in [0.717, 1.165) is 5.56 Å². The third-order valence-corrected chi connectivity index (χ3v) is 4.27. The van der Waals surface area contributed by atoms with E-state index in [9.17, 15) is 9.59 Å². The van der Waals surface area contributed by atoms with E-state index in [1.807, 2.05) is 13.8 Å². The van der Waals surface area contributed by atoms with Crippen molar-refractivity contribution in [3.63, 3.8) is 0 Å². The van der Waals surface area contributed by atoms with Crippen LogP contribution in [0.5, 0.6) is 0 Å². The number of thiophene rings is 1. The summed E-state index contributed by atoms with van der Waals surface area (Å²) in [7, 11) is 0. The normalized spacial score (nSPS) is 11.8. The fraction of sp³-hybridized carbons (Fsp3) is 0.250. The molecule has 22 heavy (non-hydrogen) atoms. The summed E-state index contributed by atoms with van der Waals surface area (Å²) >= 11 is 1.72. The number of anilines is 1. The zero-order valence-corrected chi connectivity index (χ0v) is 13.6. The van der Waals surface area contributed by atoms with Gasteiger partial charge < -0.3 is 16.4 Å². The lowest BCUT2D eigenvalue weighted by Gasteiger charge is -2.14.